The Bertz CT molecular complexity index is 1080. The molecule has 0 spiro atoms. The molecule has 0 aliphatic heterocycles. The number of rotatable bonds is 8. The summed E-state index contributed by atoms with van der Waals surface area (Å²) < 4.78 is 6.34. The number of thioether (sulfide) groups is 1. The van der Waals surface area contributed by atoms with Crippen molar-refractivity contribution in [2.75, 3.05) is 23.5 Å². The fourth-order valence-electron chi connectivity index (χ4n) is 2.72. The van der Waals surface area contributed by atoms with Crippen molar-refractivity contribution in [2.45, 2.75) is 25.4 Å². The summed E-state index contributed by atoms with van der Waals surface area (Å²) >= 11 is 1.05. The second kappa shape index (κ2) is 9.93. The second-order valence-corrected chi connectivity index (χ2v) is 7.45. The molecule has 1 amide bonds. The number of nitrogens with two attached hydrogens (primary N) is 1. The van der Waals surface area contributed by atoms with Gasteiger partial charge in [-0.1, -0.05) is 42.1 Å². The molecular formula is C21H23N5O3S. The first-order valence-corrected chi connectivity index (χ1v) is 10.4. The zero-order chi connectivity index (χ0) is 21.5. The number of ether oxygens (including phenoxy) is 1. The maximum Gasteiger partial charge on any atom is 0.294 e. The van der Waals surface area contributed by atoms with Gasteiger partial charge in [0.2, 0.25) is 11.1 Å². The van der Waals surface area contributed by atoms with Gasteiger partial charge in [0, 0.05) is 12.1 Å². The number of nitrogens with zero attached hydrogens (tertiary/aromatic N) is 3. The van der Waals surface area contributed by atoms with Crippen molar-refractivity contribution in [1.82, 2.24) is 14.9 Å². The number of benzene rings is 2. The van der Waals surface area contributed by atoms with E-state index >= 15 is 0 Å². The first kappa shape index (κ1) is 21.4. The van der Waals surface area contributed by atoms with Crippen LogP contribution in [0.5, 0.6) is 5.75 Å². The normalized spacial score (nSPS) is 10.6. The van der Waals surface area contributed by atoms with Gasteiger partial charge in [-0.25, -0.2) is 0 Å². The number of hydrogen-bond donors (Lipinski definition) is 2. The first-order valence-electron chi connectivity index (χ1n) is 9.41. The van der Waals surface area contributed by atoms with Crippen molar-refractivity contribution in [3.8, 4) is 5.75 Å². The molecule has 8 nitrogen and oxygen atoms in total. The molecule has 0 atom stereocenters. The van der Waals surface area contributed by atoms with E-state index in [0.29, 0.717) is 13.0 Å². The van der Waals surface area contributed by atoms with Crippen LogP contribution in [0.25, 0.3) is 0 Å². The Morgan fingerprint density at radius 3 is 2.60 bits per heavy atom. The molecule has 2 aromatic carbocycles. The molecule has 1 aromatic heterocycles. The van der Waals surface area contributed by atoms with Gasteiger partial charge in [0.15, 0.2) is 0 Å². The van der Waals surface area contributed by atoms with Crippen LogP contribution < -0.4 is 21.5 Å². The average molecular weight is 426 g/mol. The van der Waals surface area contributed by atoms with Crippen molar-refractivity contribution in [3.63, 3.8) is 0 Å². The SMILES string of the molecule is CCOc1ccc(Cc2nnc(SCC(=O)Nc3ccccc3C)n(N)c2=O)cc1. The third-order valence-electron chi connectivity index (χ3n) is 4.29. The van der Waals surface area contributed by atoms with Crippen LogP contribution in [0.4, 0.5) is 5.69 Å². The van der Waals surface area contributed by atoms with Gasteiger partial charge in [-0.3, -0.25) is 9.59 Å². The lowest BCUT2D eigenvalue weighted by Crippen LogP contribution is -2.34. The Morgan fingerprint density at radius 1 is 1.17 bits per heavy atom. The topological polar surface area (TPSA) is 112 Å². The fraction of sp³-hybridized carbons (Fsp3) is 0.238. The summed E-state index contributed by atoms with van der Waals surface area (Å²) in [6.45, 7) is 4.42. The largest absolute Gasteiger partial charge is 0.494 e. The lowest BCUT2D eigenvalue weighted by molar-refractivity contribution is -0.113. The predicted molar refractivity (Wildman–Crippen MR) is 117 cm³/mol. The second-order valence-electron chi connectivity index (χ2n) is 6.51. The summed E-state index contributed by atoms with van der Waals surface area (Å²) in [4.78, 5) is 24.7. The number of nitrogen functional groups attached to an aromatic ring is 1. The highest BCUT2D eigenvalue weighted by Crippen LogP contribution is 2.17. The summed E-state index contributed by atoms with van der Waals surface area (Å²) in [5, 5.41) is 11.0. The highest BCUT2D eigenvalue weighted by atomic mass is 32.2. The van der Waals surface area contributed by atoms with Crippen LogP contribution >= 0.6 is 11.8 Å². The Kier molecular flexibility index (Phi) is 7.08. The van der Waals surface area contributed by atoms with Gasteiger partial charge >= 0.3 is 0 Å². The van der Waals surface area contributed by atoms with Crippen molar-refractivity contribution in [2.24, 2.45) is 0 Å². The maximum absolute atomic E-state index is 12.5. The van der Waals surface area contributed by atoms with Crippen LogP contribution in [0, 0.1) is 6.92 Å². The van der Waals surface area contributed by atoms with E-state index < -0.39 is 5.56 Å². The molecule has 0 saturated carbocycles. The van der Waals surface area contributed by atoms with Gasteiger partial charge in [0.25, 0.3) is 5.56 Å². The van der Waals surface area contributed by atoms with Gasteiger partial charge in [0.05, 0.1) is 12.4 Å². The molecule has 0 unspecified atom stereocenters. The molecule has 0 saturated heterocycles. The zero-order valence-electron chi connectivity index (χ0n) is 16.8. The summed E-state index contributed by atoms with van der Waals surface area (Å²) in [6, 6.07) is 14.9. The monoisotopic (exact) mass is 425 g/mol. The van der Waals surface area contributed by atoms with Gasteiger partial charge in [-0.15, -0.1) is 10.2 Å². The number of anilines is 1. The molecule has 1 heterocycles. The standard InChI is InChI=1S/C21H23N5O3S/c1-3-29-16-10-8-15(9-11-16)12-18-20(28)26(22)21(25-24-18)30-13-19(27)23-17-7-5-4-6-14(17)2/h4-11H,3,12-13,22H2,1-2H3,(H,23,27). The van der Waals surface area contributed by atoms with Crippen molar-refractivity contribution in [3.05, 3.63) is 75.7 Å². The summed E-state index contributed by atoms with van der Waals surface area (Å²) in [7, 11) is 0. The molecule has 0 aliphatic carbocycles. The Labute approximate surface area is 178 Å². The van der Waals surface area contributed by atoms with E-state index in [2.05, 4.69) is 15.5 Å². The Morgan fingerprint density at radius 2 is 1.90 bits per heavy atom. The highest BCUT2D eigenvalue weighted by molar-refractivity contribution is 7.99. The van der Waals surface area contributed by atoms with Gasteiger partial charge in [0.1, 0.15) is 11.4 Å². The summed E-state index contributed by atoms with van der Waals surface area (Å²) in [6.07, 6.45) is 0.300. The molecule has 3 N–H and O–H groups in total. The van der Waals surface area contributed by atoms with E-state index in [1.165, 1.54) is 0 Å². The van der Waals surface area contributed by atoms with Gasteiger partial charge in [-0.05, 0) is 43.2 Å². The molecule has 156 valence electrons. The lowest BCUT2D eigenvalue weighted by Gasteiger charge is -2.09. The van der Waals surface area contributed by atoms with E-state index in [9.17, 15) is 9.59 Å². The van der Waals surface area contributed by atoms with Crippen LogP contribution in [-0.4, -0.2) is 33.1 Å². The van der Waals surface area contributed by atoms with Crippen molar-refractivity contribution in [1.29, 1.82) is 0 Å². The number of nitrogens with one attached hydrogen (secondary N) is 1. The predicted octanol–water partition coefficient (Wildman–Crippen LogP) is 2.38. The fourth-order valence-corrected chi connectivity index (χ4v) is 3.38. The number of carbonyl (C=O) groups excluding carboxylic acids is 1. The first-order chi connectivity index (χ1) is 14.5. The third kappa shape index (κ3) is 5.38. The van der Waals surface area contributed by atoms with Crippen LogP contribution in [0.2, 0.25) is 0 Å². The van der Waals surface area contributed by atoms with E-state index in [4.69, 9.17) is 10.6 Å². The third-order valence-corrected chi connectivity index (χ3v) is 5.23. The molecule has 0 bridgehead atoms. The molecule has 0 aliphatic rings. The van der Waals surface area contributed by atoms with Gasteiger partial charge in [-0.2, -0.15) is 4.68 Å². The van der Waals surface area contributed by atoms with E-state index in [1.807, 2.05) is 62.4 Å². The van der Waals surface area contributed by atoms with Gasteiger partial charge < -0.3 is 15.9 Å². The minimum atomic E-state index is -0.444. The summed E-state index contributed by atoms with van der Waals surface area (Å²) in [5.74, 6) is 6.49. The zero-order valence-corrected chi connectivity index (χ0v) is 17.6. The van der Waals surface area contributed by atoms with Crippen molar-refractivity contribution < 1.29 is 9.53 Å². The van der Waals surface area contributed by atoms with Crippen LogP contribution in [0.3, 0.4) is 0 Å². The summed E-state index contributed by atoms with van der Waals surface area (Å²) in [5.41, 5.74) is 2.38. The quantitative estimate of drug-likeness (QED) is 0.421. The molecule has 3 rings (SSSR count). The molecule has 3 aromatic rings. The molecule has 0 fully saturated rings. The average Bonchev–Trinajstić information content (AvgIpc) is 2.74. The van der Waals surface area contributed by atoms with Crippen LogP contribution in [0.1, 0.15) is 23.7 Å². The number of aryl methyl sites for hydroxylation is 1. The highest BCUT2D eigenvalue weighted by Gasteiger charge is 2.13. The van der Waals surface area contributed by atoms with E-state index in [1.54, 1.807) is 0 Å². The molecular weight excluding hydrogens is 402 g/mol. The lowest BCUT2D eigenvalue weighted by atomic mass is 10.1. The van der Waals surface area contributed by atoms with E-state index in [0.717, 1.165) is 39.0 Å². The number of amides is 1. The number of aromatic nitrogens is 3. The van der Waals surface area contributed by atoms with Crippen LogP contribution in [0.15, 0.2) is 58.5 Å². The van der Waals surface area contributed by atoms with E-state index in [-0.39, 0.29) is 22.5 Å². The number of hydrogen-bond acceptors (Lipinski definition) is 7. The minimum absolute atomic E-state index is 0.0535. The van der Waals surface area contributed by atoms with Crippen LogP contribution in [-0.2, 0) is 11.2 Å². The molecule has 0 radical (unpaired) electrons. The molecule has 9 heteroatoms. The Balaban J connectivity index is 1.63. The maximum atomic E-state index is 12.5. The number of para-hydroxylation sites is 1. The number of carbonyl (C=O) groups is 1. The minimum Gasteiger partial charge on any atom is -0.494 e. The smallest absolute Gasteiger partial charge is 0.294 e. The Hall–Kier alpha value is -3.33. The van der Waals surface area contributed by atoms with Crippen molar-refractivity contribution >= 4 is 23.4 Å². The molecule has 30 heavy (non-hydrogen) atoms.